The van der Waals surface area contributed by atoms with Gasteiger partial charge in [-0.1, -0.05) is 0 Å². The standard InChI is InChI=1S/C14H16ClFIN3O/c1-3-19(4-2)14(21)8-20-12-5-9(16)10(17)6-11(12)18-13(20)7-15/h5-6H,3-4,7-8H2,1-2H3. The van der Waals surface area contributed by atoms with Crippen LogP contribution in [0.2, 0.25) is 0 Å². The van der Waals surface area contributed by atoms with Gasteiger partial charge < -0.3 is 9.47 Å². The van der Waals surface area contributed by atoms with E-state index in [0.29, 0.717) is 33.5 Å². The molecule has 1 aromatic carbocycles. The Kier molecular flexibility index (Phi) is 5.43. The fraction of sp³-hybridized carbons (Fsp3) is 0.429. The molecule has 0 spiro atoms. The highest BCUT2D eigenvalue weighted by atomic mass is 127. The Morgan fingerprint density at radius 3 is 2.67 bits per heavy atom. The predicted molar refractivity (Wildman–Crippen MR) is 89.9 cm³/mol. The first kappa shape index (κ1) is 16.5. The third-order valence-corrected chi connectivity index (χ3v) is 4.46. The molecule has 114 valence electrons. The number of benzene rings is 1. The monoisotopic (exact) mass is 423 g/mol. The topological polar surface area (TPSA) is 38.1 Å². The van der Waals surface area contributed by atoms with Gasteiger partial charge >= 0.3 is 0 Å². The lowest BCUT2D eigenvalue weighted by atomic mass is 10.3. The van der Waals surface area contributed by atoms with Crippen molar-refractivity contribution in [3.63, 3.8) is 0 Å². The summed E-state index contributed by atoms with van der Waals surface area (Å²) in [5.41, 5.74) is 1.26. The largest absolute Gasteiger partial charge is 0.342 e. The second-order valence-electron chi connectivity index (χ2n) is 4.57. The molecule has 0 fully saturated rings. The summed E-state index contributed by atoms with van der Waals surface area (Å²) >= 11 is 7.83. The van der Waals surface area contributed by atoms with E-state index in [9.17, 15) is 9.18 Å². The molecule has 1 aromatic heterocycles. The summed E-state index contributed by atoms with van der Waals surface area (Å²) in [4.78, 5) is 18.4. The van der Waals surface area contributed by atoms with Crippen LogP contribution in [0.15, 0.2) is 12.1 Å². The number of amides is 1. The summed E-state index contributed by atoms with van der Waals surface area (Å²) in [5.74, 6) is 0.414. The summed E-state index contributed by atoms with van der Waals surface area (Å²) in [7, 11) is 0. The molecule has 0 aliphatic heterocycles. The van der Waals surface area contributed by atoms with Gasteiger partial charge in [-0.2, -0.15) is 0 Å². The van der Waals surface area contributed by atoms with Crippen LogP contribution >= 0.6 is 34.2 Å². The van der Waals surface area contributed by atoms with Gasteiger partial charge in [0.05, 0.1) is 20.5 Å². The molecule has 0 unspecified atom stereocenters. The number of alkyl halides is 1. The van der Waals surface area contributed by atoms with Crippen LogP contribution in [-0.2, 0) is 17.2 Å². The van der Waals surface area contributed by atoms with Gasteiger partial charge in [-0.05, 0) is 42.5 Å². The summed E-state index contributed by atoms with van der Waals surface area (Å²) in [6, 6.07) is 3.08. The number of rotatable bonds is 5. The molecule has 7 heteroatoms. The second-order valence-corrected chi connectivity index (χ2v) is 6.00. The summed E-state index contributed by atoms with van der Waals surface area (Å²) in [6.45, 7) is 5.27. The van der Waals surface area contributed by atoms with Crippen LogP contribution in [0.4, 0.5) is 4.39 Å². The van der Waals surface area contributed by atoms with E-state index in [0.717, 1.165) is 0 Å². The molecule has 0 saturated heterocycles. The molecule has 0 atom stereocenters. The minimum Gasteiger partial charge on any atom is -0.342 e. The van der Waals surface area contributed by atoms with E-state index in [4.69, 9.17) is 11.6 Å². The Balaban J connectivity index is 2.46. The maximum Gasteiger partial charge on any atom is 0.242 e. The molecule has 21 heavy (non-hydrogen) atoms. The Morgan fingerprint density at radius 2 is 2.10 bits per heavy atom. The lowest BCUT2D eigenvalue weighted by molar-refractivity contribution is -0.131. The molecule has 2 rings (SSSR count). The second kappa shape index (κ2) is 6.91. The smallest absolute Gasteiger partial charge is 0.242 e. The van der Waals surface area contributed by atoms with E-state index in [1.807, 2.05) is 36.4 Å². The number of hydrogen-bond donors (Lipinski definition) is 0. The number of fused-ring (bicyclic) bond motifs is 1. The van der Waals surface area contributed by atoms with Crippen molar-refractivity contribution in [3.8, 4) is 0 Å². The number of likely N-dealkylation sites (N-methyl/N-ethyl adjacent to an activating group) is 1. The van der Waals surface area contributed by atoms with E-state index in [2.05, 4.69) is 4.98 Å². The van der Waals surface area contributed by atoms with E-state index in [1.54, 1.807) is 15.5 Å². The molecule has 0 aliphatic carbocycles. The zero-order chi connectivity index (χ0) is 15.6. The molecular weight excluding hydrogens is 408 g/mol. The normalized spacial score (nSPS) is 11.1. The minimum absolute atomic E-state index is 0.0235. The molecule has 0 N–H and O–H groups in total. The van der Waals surface area contributed by atoms with E-state index in [1.165, 1.54) is 6.07 Å². The van der Waals surface area contributed by atoms with Crippen molar-refractivity contribution in [1.29, 1.82) is 0 Å². The van der Waals surface area contributed by atoms with Gasteiger partial charge in [-0.25, -0.2) is 9.37 Å². The summed E-state index contributed by atoms with van der Waals surface area (Å²) < 4.78 is 16.0. The van der Waals surface area contributed by atoms with Gasteiger partial charge in [0.2, 0.25) is 5.91 Å². The molecular formula is C14H16ClFIN3O. The van der Waals surface area contributed by atoms with Gasteiger partial charge in [0.25, 0.3) is 0 Å². The van der Waals surface area contributed by atoms with Crippen molar-refractivity contribution >= 4 is 51.1 Å². The van der Waals surface area contributed by atoms with Crippen molar-refractivity contribution < 1.29 is 9.18 Å². The van der Waals surface area contributed by atoms with Gasteiger partial charge in [-0.3, -0.25) is 4.79 Å². The molecule has 0 saturated carbocycles. The van der Waals surface area contributed by atoms with Gasteiger partial charge in [-0.15, -0.1) is 11.6 Å². The van der Waals surface area contributed by atoms with E-state index >= 15 is 0 Å². The quantitative estimate of drug-likeness (QED) is 0.546. The van der Waals surface area contributed by atoms with Crippen LogP contribution in [0, 0.1) is 9.39 Å². The van der Waals surface area contributed by atoms with Crippen molar-refractivity contribution in [3.05, 3.63) is 27.3 Å². The van der Waals surface area contributed by atoms with Crippen LogP contribution in [0.25, 0.3) is 11.0 Å². The molecule has 0 bridgehead atoms. The van der Waals surface area contributed by atoms with Crippen molar-refractivity contribution in [2.24, 2.45) is 0 Å². The van der Waals surface area contributed by atoms with E-state index in [-0.39, 0.29) is 24.1 Å². The summed E-state index contributed by atoms with van der Waals surface area (Å²) in [6.07, 6.45) is 0. The van der Waals surface area contributed by atoms with Crippen LogP contribution in [0.1, 0.15) is 19.7 Å². The average molecular weight is 424 g/mol. The number of halogens is 3. The Morgan fingerprint density at radius 1 is 1.43 bits per heavy atom. The van der Waals surface area contributed by atoms with Crippen molar-refractivity contribution in [2.75, 3.05) is 13.1 Å². The molecule has 0 aliphatic rings. The minimum atomic E-state index is -0.319. The first-order valence-corrected chi connectivity index (χ1v) is 8.31. The predicted octanol–water partition coefficient (Wildman–Crippen LogP) is 3.39. The van der Waals surface area contributed by atoms with Gasteiger partial charge in [0, 0.05) is 19.2 Å². The third-order valence-electron chi connectivity index (χ3n) is 3.40. The van der Waals surface area contributed by atoms with Crippen LogP contribution in [0.3, 0.4) is 0 Å². The maximum absolute atomic E-state index is 13.8. The maximum atomic E-state index is 13.8. The van der Waals surface area contributed by atoms with Crippen LogP contribution < -0.4 is 0 Å². The highest BCUT2D eigenvalue weighted by Gasteiger charge is 2.17. The summed E-state index contributed by atoms with van der Waals surface area (Å²) in [5, 5.41) is 0. The Bertz CT molecular complexity index is 670. The lowest BCUT2D eigenvalue weighted by Crippen LogP contribution is -2.33. The van der Waals surface area contributed by atoms with E-state index < -0.39 is 0 Å². The Hall–Kier alpha value is -0.890. The van der Waals surface area contributed by atoms with Gasteiger partial charge in [0.15, 0.2) is 0 Å². The number of nitrogens with zero attached hydrogens (tertiary/aromatic N) is 3. The molecule has 1 heterocycles. The number of carbonyl (C=O) groups excluding carboxylic acids is 1. The Labute approximate surface area is 141 Å². The molecule has 0 radical (unpaired) electrons. The fourth-order valence-corrected chi connectivity index (χ4v) is 2.91. The molecule has 1 amide bonds. The third kappa shape index (κ3) is 3.31. The number of aromatic nitrogens is 2. The van der Waals surface area contributed by atoms with Crippen molar-refractivity contribution in [2.45, 2.75) is 26.3 Å². The highest BCUT2D eigenvalue weighted by molar-refractivity contribution is 14.1. The zero-order valence-corrected chi connectivity index (χ0v) is 14.8. The highest BCUT2D eigenvalue weighted by Crippen LogP contribution is 2.23. The molecule has 2 aromatic rings. The lowest BCUT2D eigenvalue weighted by Gasteiger charge is -2.19. The number of hydrogen-bond acceptors (Lipinski definition) is 2. The van der Waals surface area contributed by atoms with Crippen LogP contribution in [-0.4, -0.2) is 33.4 Å². The average Bonchev–Trinajstić information content (AvgIpc) is 2.78. The zero-order valence-electron chi connectivity index (χ0n) is 11.9. The fourth-order valence-electron chi connectivity index (χ4n) is 2.26. The van der Waals surface area contributed by atoms with Gasteiger partial charge in [0.1, 0.15) is 18.2 Å². The first-order valence-electron chi connectivity index (χ1n) is 6.69. The first-order chi connectivity index (χ1) is 10.0. The number of imidazole rings is 1. The molecule has 4 nitrogen and oxygen atoms in total. The SMILES string of the molecule is CCN(CC)C(=O)Cn1c(CCl)nc2cc(I)c(F)cc21. The van der Waals surface area contributed by atoms with Crippen molar-refractivity contribution in [1.82, 2.24) is 14.5 Å². The van der Waals surface area contributed by atoms with Crippen LogP contribution in [0.5, 0.6) is 0 Å². The number of carbonyl (C=O) groups is 1.